The van der Waals surface area contributed by atoms with Crippen LogP contribution in [-0.4, -0.2) is 12.2 Å². The van der Waals surface area contributed by atoms with Crippen LogP contribution < -0.4 is 10.1 Å². The Morgan fingerprint density at radius 2 is 2.05 bits per heavy atom. The summed E-state index contributed by atoms with van der Waals surface area (Å²) < 4.78 is 6.08. The summed E-state index contributed by atoms with van der Waals surface area (Å²) in [6, 6.07) is 10.8. The first-order valence-corrected chi connectivity index (χ1v) is 6.82. The predicted molar refractivity (Wildman–Crippen MR) is 81.1 cm³/mol. The molecule has 0 amide bonds. The van der Waals surface area contributed by atoms with E-state index in [4.69, 9.17) is 16.3 Å². The molecule has 2 N–H and O–H groups in total. The molecule has 0 fully saturated rings. The summed E-state index contributed by atoms with van der Waals surface area (Å²) in [4.78, 5) is 0. The fraction of sp³-hybridized carbons (Fsp3) is 0.143. The van der Waals surface area contributed by atoms with E-state index >= 15 is 0 Å². The van der Waals surface area contributed by atoms with Crippen LogP contribution in [0.15, 0.2) is 40.9 Å². The van der Waals surface area contributed by atoms with Crippen molar-refractivity contribution in [2.24, 2.45) is 0 Å². The summed E-state index contributed by atoms with van der Waals surface area (Å²) in [5.74, 6) is 0.877. The first-order chi connectivity index (χ1) is 9.10. The molecule has 0 bridgehead atoms. The number of anilines is 1. The van der Waals surface area contributed by atoms with E-state index in [1.165, 1.54) is 0 Å². The zero-order chi connectivity index (χ0) is 13.8. The highest BCUT2D eigenvalue weighted by molar-refractivity contribution is 9.10. The Morgan fingerprint density at radius 1 is 1.26 bits per heavy atom. The Labute approximate surface area is 125 Å². The fourth-order valence-electron chi connectivity index (χ4n) is 1.66. The van der Waals surface area contributed by atoms with Crippen LogP contribution in [0.2, 0.25) is 5.02 Å². The lowest BCUT2D eigenvalue weighted by atomic mass is 10.2. The molecule has 0 aliphatic carbocycles. The highest BCUT2D eigenvalue weighted by Crippen LogP contribution is 2.28. The van der Waals surface area contributed by atoms with Gasteiger partial charge in [0.2, 0.25) is 0 Å². The average Bonchev–Trinajstić information content (AvgIpc) is 2.41. The molecule has 0 unspecified atom stereocenters. The molecule has 100 valence electrons. The SMILES string of the molecule is COc1cc(NCc2cc(Br)ccc2O)ccc1Cl. The van der Waals surface area contributed by atoms with E-state index in [0.717, 1.165) is 15.7 Å². The minimum absolute atomic E-state index is 0.261. The second kappa shape index (κ2) is 6.17. The fourth-order valence-corrected chi connectivity index (χ4v) is 2.27. The molecule has 5 heteroatoms. The number of benzene rings is 2. The minimum atomic E-state index is 0.261. The van der Waals surface area contributed by atoms with Crippen LogP contribution >= 0.6 is 27.5 Å². The standard InChI is InChI=1S/C14H13BrClNO2/c1-19-14-7-11(3-4-12(14)16)17-8-9-6-10(15)2-5-13(9)18/h2-7,17-18H,8H2,1H3. The molecular weight excluding hydrogens is 330 g/mol. The molecule has 2 aromatic rings. The van der Waals surface area contributed by atoms with Crippen LogP contribution in [0.1, 0.15) is 5.56 Å². The van der Waals surface area contributed by atoms with E-state index in [0.29, 0.717) is 17.3 Å². The third-order valence-corrected chi connectivity index (χ3v) is 3.48. The third-order valence-electron chi connectivity index (χ3n) is 2.68. The number of hydrogen-bond donors (Lipinski definition) is 2. The zero-order valence-electron chi connectivity index (χ0n) is 10.3. The zero-order valence-corrected chi connectivity index (χ0v) is 12.6. The van der Waals surface area contributed by atoms with Crippen LogP contribution in [0.3, 0.4) is 0 Å². The molecule has 2 aromatic carbocycles. The van der Waals surface area contributed by atoms with Crippen molar-refractivity contribution in [3.8, 4) is 11.5 Å². The van der Waals surface area contributed by atoms with Gasteiger partial charge in [0.1, 0.15) is 11.5 Å². The van der Waals surface area contributed by atoms with Crippen LogP contribution in [-0.2, 0) is 6.54 Å². The van der Waals surface area contributed by atoms with Gasteiger partial charge in [-0.2, -0.15) is 0 Å². The monoisotopic (exact) mass is 341 g/mol. The smallest absolute Gasteiger partial charge is 0.139 e. The van der Waals surface area contributed by atoms with Gasteiger partial charge in [-0.15, -0.1) is 0 Å². The van der Waals surface area contributed by atoms with Gasteiger partial charge >= 0.3 is 0 Å². The van der Waals surface area contributed by atoms with Crippen molar-refractivity contribution in [1.29, 1.82) is 0 Å². The highest BCUT2D eigenvalue weighted by atomic mass is 79.9. The van der Waals surface area contributed by atoms with E-state index in [-0.39, 0.29) is 5.75 Å². The molecule has 0 radical (unpaired) electrons. The number of phenols is 1. The maximum Gasteiger partial charge on any atom is 0.139 e. The number of methoxy groups -OCH3 is 1. The lowest BCUT2D eigenvalue weighted by Gasteiger charge is -2.10. The lowest BCUT2D eigenvalue weighted by molar-refractivity contribution is 0.415. The Kier molecular flexibility index (Phi) is 4.56. The molecule has 3 nitrogen and oxygen atoms in total. The van der Waals surface area contributed by atoms with Gasteiger partial charge in [0.15, 0.2) is 0 Å². The molecule has 0 spiro atoms. The van der Waals surface area contributed by atoms with Gasteiger partial charge < -0.3 is 15.2 Å². The van der Waals surface area contributed by atoms with Crippen LogP contribution in [0.5, 0.6) is 11.5 Å². The second-order valence-corrected chi connectivity index (χ2v) is 5.30. The molecule has 0 saturated carbocycles. The lowest BCUT2D eigenvalue weighted by Crippen LogP contribution is -2.00. The van der Waals surface area contributed by atoms with Crippen molar-refractivity contribution in [2.45, 2.75) is 6.54 Å². The highest BCUT2D eigenvalue weighted by Gasteiger charge is 2.04. The molecule has 0 aliphatic heterocycles. The van der Waals surface area contributed by atoms with Gasteiger partial charge in [-0.3, -0.25) is 0 Å². The topological polar surface area (TPSA) is 41.5 Å². The predicted octanol–water partition coefficient (Wildman–Crippen LogP) is 4.43. The number of halogens is 2. The molecule has 0 saturated heterocycles. The van der Waals surface area contributed by atoms with E-state index in [2.05, 4.69) is 21.2 Å². The number of nitrogens with one attached hydrogen (secondary N) is 1. The second-order valence-electron chi connectivity index (χ2n) is 3.98. The van der Waals surface area contributed by atoms with Gasteiger partial charge in [-0.1, -0.05) is 27.5 Å². The van der Waals surface area contributed by atoms with Crippen LogP contribution in [0.4, 0.5) is 5.69 Å². The Balaban J connectivity index is 2.12. The molecule has 2 rings (SSSR count). The average molecular weight is 343 g/mol. The Hall–Kier alpha value is -1.39. The number of hydrogen-bond acceptors (Lipinski definition) is 3. The van der Waals surface area contributed by atoms with Gasteiger partial charge in [0, 0.05) is 28.3 Å². The molecule has 0 atom stereocenters. The molecule has 0 aliphatic rings. The summed E-state index contributed by atoms with van der Waals surface area (Å²) >= 11 is 9.34. The van der Waals surface area contributed by atoms with Crippen LogP contribution in [0.25, 0.3) is 0 Å². The van der Waals surface area contributed by atoms with Gasteiger partial charge in [0.05, 0.1) is 12.1 Å². The quantitative estimate of drug-likeness (QED) is 0.863. The minimum Gasteiger partial charge on any atom is -0.508 e. The van der Waals surface area contributed by atoms with Crippen molar-refractivity contribution >= 4 is 33.2 Å². The van der Waals surface area contributed by atoms with Gasteiger partial charge in [-0.05, 0) is 30.3 Å². The first-order valence-electron chi connectivity index (χ1n) is 5.65. The van der Waals surface area contributed by atoms with Crippen molar-refractivity contribution in [1.82, 2.24) is 0 Å². The van der Waals surface area contributed by atoms with Crippen molar-refractivity contribution in [3.63, 3.8) is 0 Å². The molecule has 19 heavy (non-hydrogen) atoms. The van der Waals surface area contributed by atoms with Gasteiger partial charge in [-0.25, -0.2) is 0 Å². The maximum absolute atomic E-state index is 9.75. The van der Waals surface area contributed by atoms with Crippen molar-refractivity contribution < 1.29 is 9.84 Å². The summed E-state index contributed by atoms with van der Waals surface area (Å²) in [6.07, 6.45) is 0. The third kappa shape index (κ3) is 3.55. The number of aromatic hydroxyl groups is 1. The van der Waals surface area contributed by atoms with Crippen molar-refractivity contribution in [3.05, 3.63) is 51.5 Å². The molecule has 0 heterocycles. The summed E-state index contributed by atoms with van der Waals surface area (Å²) in [5.41, 5.74) is 1.68. The van der Waals surface area contributed by atoms with Crippen molar-refractivity contribution in [2.75, 3.05) is 12.4 Å². The number of ether oxygens (including phenoxy) is 1. The summed E-state index contributed by atoms with van der Waals surface area (Å²) in [7, 11) is 1.57. The summed E-state index contributed by atoms with van der Waals surface area (Å²) in [5, 5.41) is 13.5. The molecule has 0 aromatic heterocycles. The first kappa shape index (κ1) is 14.0. The largest absolute Gasteiger partial charge is 0.508 e. The Bertz CT molecular complexity index is 590. The van der Waals surface area contributed by atoms with Gasteiger partial charge in [0.25, 0.3) is 0 Å². The van der Waals surface area contributed by atoms with E-state index in [1.54, 1.807) is 25.3 Å². The maximum atomic E-state index is 9.75. The normalized spacial score (nSPS) is 10.3. The number of rotatable bonds is 4. The molecular formula is C14H13BrClNO2. The van der Waals surface area contributed by atoms with E-state index < -0.39 is 0 Å². The van der Waals surface area contributed by atoms with Crippen LogP contribution in [0, 0.1) is 0 Å². The summed E-state index contributed by atoms with van der Waals surface area (Å²) in [6.45, 7) is 0.510. The number of phenolic OH excluding ortho intramolecular Hbond substituents is 1. The Morgan fingerprint density at radius 3 is 2.79 bits per heavy atom. The van der Waals surface area contributed by atoms with E-state index in [1.807, 2.05) is 18.2 Å². The van der Waals surface area contributed by atoms with E-state index in [9.17, 15) is 5.11 Å².